The lowest BCUT2D eigenvalue weighted by atomic mass is 10.2. The van der Waals surface area contributed by atoms with E-state index in [4.69, 9.17) is 4.74 Å². The van der Waals surface area contributed by atoms with E-state index >= 15 is 0 Å². The topological polar surface area (TPSA) is 73.2 Å². The number of carbonyl (C=O) groups excluding carboxylic acids is 2. The van der Waals surface area contributed by atoms with Crippen LogP contribution in [0.5, 0.6) is 0 Å². The average Bonchev–Trinajstić information content (AvgIpc) is 2.99. The first-order valence-electron chi connectivity index (χ1n) is 8.70. The molecule has 1 heterocycles. The molecule has 0 aliphatic heterocycles. The number of hydrogen-bond acceptors (Lipinski definition) is 4. The molecule has 28 heavy (non-hydrogen) atoms. The van der Waals surface area contributed by atoms with Crippen molar-refractivity contribution < 1.29 is 18.7 Å². The van der Waals surface area contributed by atoms with Gasteiger partial charge in [-0.2, -0.15) is 5.10 Å². The van der Waals surface area contributed by atoms with Crippen molar-refractivity contribution in [2.75, 3.05) is 5.32 Å². The van der Waals surface area contributed by atoms with Gasteiger partial charge < -0.3 is 10.1 Å². The number of anilines is 1. The van der Waals surface area contributed by atoms with Gasteiger partial charge in [-0.05, 0) is 55.8 Å². The van der Waals surface area contributed by atoms with Crippen LogP contribution in [-0.2, 0) is 16.1 Å². The van der Waals surface area contributed by atoms with Crippen molar-refractivity contribution >= 4 is 17.6 Å². The first-order chi connectivity index (χ1) is 13.3. The number of aryl methyl sites for hydroxylation is 2. The van der Waals surface area contributed by atoms with Gasteiger partial charge >= 0.3 is 5.97 Å². The van der Waals surface area contributed by atoms with Crippen LogP contribution >= 0.6 is 0 Å². The van der Waals surface area contributed by atoms with Crippen molar-refractivity contribution in [2.24, 2.45) is 0 Å². The summed E-state index contributed by atoms with van der Waals surface area (Å²) >= 11 is 0. The van der Waals surface area contributed by atoms with E-state index in [1.807, 2.05) is 48.9 Å². The zero-order valence-electron chi connectivity index (χ0n) is 15.8. The van der Waals surface area contributed by atoms with Crippen molar-refractivity contribution in [2.45, 2.75) is 27.4 Å². The first kappa shape index (κ1) is 19.3. The number of rotatable bonds is 5. The molecule has 0 aliphatic carbocycles. The minimum Gasteiger partial charge on any atom is -0.457 e. The number of amides is 1. The number of nitrogens with one attached hydrogen (secondary N) is 1. The van der Waals surface area contributed by atoms with Gasteiger partial charge in [-0.25, -0.2) is 13.9 Å². The molecule has 0 unspecified atom stereocenters. The Morgan fingerprint density at radius 2 is 1.82 bits per heavy atom. The number of ether oxygens (including phenoxy) is 1. The molecule has 7 heteroatoms. The van der Waals surface area contributed by atoms with Gasteiger partial charge in [-0.1, -0.05) is 12.1 Å². The van der Waals surface area contributed by atoms with Crippen molar-refractivity contribution in [3.8, 4) is 5.69 Å². The van der Waals surface area contributed by atoms with Crippen LogP contribution < -0.4 is 5.32 Å². The Labute approximate surface area is 161 Å². The molecule has 1 amide bonds. The van der Waals surface area contributed by atoms with Gasteiger partial charge in [0.15, 0.2) is 0 Å². The minimum absolute atomic E-state index is 0.0591. The standard InChI is InChI=1S/C21H20FN3O3/c1-13-10-14(2)25(24-13)18-7-4-16(5-8-18)12-28-21(27)17-6-9-19(22)20(11-17)23-15(3)26/h4-11H,12H2,1-3H3,(H,23,26). The summed E-state index contributed by atoms with van der Waals surface area (Å²) in [6.45, 7) is 5.25. The third kappa shape index (κ3) is 4.43. The maximum atomic E-state index is 13.7. The molecule has 3 aromatic rings. The summed E-state index contributed by atoms with van der Waals surface area (Å²) in [5.74, 6) is -1.65. The normalized spacial score (nSPS) is 10.6. The van der Waals surface area contributed by atoms with E-state index in [1.54, 1.807) is 0 Å². The van der Waals surface area contributed by atoms with Gasteiger partial charge in [0.1, 0.15) is 12.4 Å². The molecule has 0 aliphatic rings. The Balaban J connectivity index is 1.66. The predicted octanol–water partition coefficient (Wildman–Crippen LogP) is 3.94. The third-order valence-corrected chi connectivity index (χ3v) is 4.07. The van der Waals surface area contributed by atoms with Crippen LogP contribution in [0, 0.1) is 19.7 Å². The maximum Gasteiger partial charge on any atom is 0.338 e. The summed E-state index contributed by atoms with van der Waals surface area (Å²) in [5.41, 5.74) is 3.79. The molecule has 0 atom stereocenters. The molecule has 0 bridgehead atoms. The van der Waals surface area contributed by atoms with E-state index in [9.17, 15) is 14.0 Å². The molecular weight excluding hydrogens is 361 g/mol. The lowest BCUT2D eigenvalue weighted by Gasteiger charge is -2.09. The lowest BCUT2D eigenvalue weighted by Crippen LogP contribution is -2.10. The maximum absolute atomic E-state index is 13.7. The van der Waals surface area contributed by atoms with Crippen LogP contribution in [0.2, 0.25) is 0 Å². The zero-order valence-corrected chi connectivity index (χ0v) is 15.8. The van der Waals surface area contributed by atoms with E-state index in [0.29, 0.717) is 0 Å². The Morgan fingerprint density at radius 3 is 2.43 bits per heavy atom. The highest BCUT2D eigenvalue weighted by Gasteiger charge is 2.12. The third-order valence-electron chi connectivity index (χ3n) is 4.07. The molecule has 1 N–H and O–H groups in total. The molecule has 0 radical (unpaired) electrons. The molecule has 0 spiro atoms. The Kier molecular flexibility index (Phi) is 5.54. The Hall–Kier alpha value is -3.48. The number of nitrogens with zero attached hydrogens (tertiary/aromatic N) is 2. The van der Waals surface area contributed by atoms with Crippen LogP contribution in [0.1, 0.15) is 34.2 Å². The first-order valence-corrected chi connectivity index (χ1v) is 8.70. The molecule has 0 fully saturated rings. The van der Waals surface area contributed by atoms with Crippen LogP contribution in [0.4, 0.5) is 10.1 Å². The Bertz CT molecular complexity index is 1030. The van der Waals surface area contributed by atoms with Gasteiger partial charge in [-0.15, -0.1) is 0 Å². The SMILES string of the molecule is CC(=O)Nc1cc(C(=O)OCc2ccc(-n3nc(C)cc3C)cc2)ccc1F. The second kappa shape index (κ2) is 8.04. The number of halogens is 1. The monoisotopic (exact) mass is 381 g/mol. The van der Waals surface area contributed by atoms with Crippen LogP contribution in [0.25, 0.3) is 5.69 Å². The smallest absolute Gasteiger partial charge is 0.338 e. The van der Waals surface area contributed by atoms with E-state index in [-0.39, 0.29) is 17.9 Å². The predicted molar refractivity (Wildman–Crippen MR) is 103 cm³/mol. The van der Waals surface area contributed by atoms with Crippen molar-refractivity contribution in [1.82, 2.24) is 9.78 Å². The summed E-state index contributed by atoms with van der Waals surface area (Å²) in [5, 5.41) is 6.77. The van der Waals surface area contributed by atoms with E-state index in [2.05, 4.69) is 10.4 Å². The molecule has 6 nitrogen and oxygen atoms in total. The molecule has 144 valence electrons. The number of benzene rings is 2. The number of esters is 1. The molecule has 0 saturated carbocycles. The van der Waals surface area contributed by atoms with E-state index in [1.165, 1.54) is 19.1 Å². The van der Waals surface area contributed by atoms with Crippen LogP contribution in [-0.4, -0.2) is 21.7 Å². The molecule has 2 aromatic carbocycles. The highest BCUT2D eigenvalue weighted by Crippen LogP contribution is 2.18. The number of aromatic nitrogens is 2. The lowest BCUT2D eigenvalue weighted by molar-refractivity contribution is -0.114. The number of carbonyl (C=O) groups is 2. The summed E-state index contributed by atoms with van der Waals surface area (Å²) in [7, 11) is 0. The van der Waals surface area contributed by atoms with E-state index in [0.717, 1.165) is 28.7 Å². The average molecular weight is 381 g/mol. The summed E-state index contributed by atoms with van der Waals surface area (Å²) in [4.78, 5) is 23.3. The summed E-state index contributed by atoms with van der Waals surface area (Å²) in [6, 6.07) is 13.2. The van der Waals surface area contributed by atoms with Crippen molar-refractivity contribution in [3.63, 3.8) is 0 Å². The largest absolute Gasteiger partial charge is 0.457 e. The summed E-state index contributed by atoms with van der Waals surface area (Å²) < 4.78 is 20.8. The van der Waals surface area contributed by atoms with Crippen LogP contribution in [0.15, 0.2) is 48.5 Å². The minimum atomic E-state index is -0.619. The second-order valence-electron chi connectivity index (χ2n) is 6.46. The molecule has 1 aromatic heterocycles. The van der Waals surface area contributed by atoms with Crippen LogP contribution in [0.3, 0.4) is 0 Å². The second-order valence-corrected chi connectivity index (χ2v) is 6.46. The Morgan fingerprint density at radius 1 is 1.11 bits per heavy atom. The molecule has 0 saturated heterocycles. The van der Waals surface area contributed by atoms with Crippen molar-refractivity contribution in [1.29, 1.82) is 0 Å². The van der Waals surface area contributed by atoms with Crippen molar-refractivity contribution in [3.05, 3.63) is 76.9 Å². The fourth-order valence-corrected chi connectivity index (χ4v) is 2.79. The van der Waals surface area contributed by atoms with Gasteiger partial charge in [0.25, 0.3) is 0 Å². The van der Waals surface area contributed by atoms with Gasteiger partial charge in [0.05, 0.1) is 22.6 Å². The quantitative estimate of drug-likeness (QED) is 0.680. The van der Waals surface area contributed by atoms with Gasteiger partial charge in [-0.3, -0.25) is 4.79 Å². The molecule has 3 rings (SSSR count). The summed E-state index contributed by atoms with van der Waals surface area (Å²) in [6.07, 6.45) is 0. The van der Waals surface area contributed by atoms with Gasteiger partial charge in [0.2, 0.25) is 5.91 Å². The van der Waals surface area contributed by atoms with E-state index < -0.39 is 17.7 Å². The highest BCUT2D eigenvalue weighted by molar-refractivity contribution is 5.93. The highest BCUT2D eigenvalue weighted by atomic mass is 19.1. The fourth-order valence-electron chi connectivity index (χ4n) is 2.79. The zero-order chi connectivity index (χ0) is 20.3. The molecular formula is C21H20FN3O3. The fraction of sp³-hybridized carbons (Fsp3) is 0.190. The van der Waals surface area contributed by atoms with Gasteiger partial charge in [0, 0.05) is 12.6 Å². The number of hydrogen-bond donors (Lipinski definition) is 1.